The van der Waals surface area contributed by atoms with Gasteiger partial charge in [-0.1, -0.05) is 0 Å². The average Bonchev–Trinajstić information content (AvgIpc) is 2.91. The third-order valence-electron chi connectivity index (χ3n) is 3.91. The van der Waals surface area contributed by atoms with E-state index in [0.29, 0.717) is 11.4 Å². The van der Waals surface area contributed by atoms with Crippen LogP contribution in [0, 0.1) is 10.1 Å². The number of benzene rings is 1. The number of aromatic nitrogens is 1. The van der Waals surface area contributed by atoms with Crippen LogP contribution in [0.5, 0.6) is 5.75 Å². The highest BCUT2D eigenvalue weighted by Crippen LogP contribution is 2.35. The average molecular weight is 288 g/mol. The minimum atomic E-state index is -0.459. The first-order valence-corrected chi connectivity index (χ1v) is 6.83. The molecule has 3 rings (SSSR count). The Labute approximate surface area is 121 Å². The van der Waals surface area contributed by atoms with E-state index in [1.807, 2.05) is 16.8 Å². The number of rotatable bonds is 3. The van der Waals surface area contributed by atoms with Crippen molar-refractivity contribution in [2.45, 2.75) is 25.4 Å². The van der Waals surface area contributed by atoms with Crippen molar-refractivity contribution < 1.29 is 14.8 Å². The molecule has 0 aliphatic heterocycles. The van der Waals surface area contributed by atoms with E-state index in [1.165, 1.54) is 19.2 Å². The summed E-state index contributed by atoms with van der Waals surface area (Å²) in [4.78, 5) is 10.6. The van der Waals surface area contributed by atoms with Gasteiger partial charge in [0.2, 0.25) is 0 Å². The first-order valence-electron chi connectivity index (χ1n) is 6.83. The molecule has 1 aliphatic rings. The first-order chi connectivity index (χ1) is 10.1. The van der Waals surface area contributed by atoms with Gasteiger partial charge in [0, 0.05) is 29.6 Å². The van der Waals surface area contributed by atoms with Crippen LogP contribution in [0.15, 0.2) is 30.5 Å². The fourth-order valence-electron chi connectivity index (χ4n) is 2.87. The number of nitro groups is 1. The van der Waals surface area contributed by atoms with Crippen LogP contribution < -0.4 is 4.74 Å². The van der Waals surface area contributed by atoms with Crippen molar-refractivity contribution in [2.75, 3.05) is 7.11 Å². The summed E-state index contributed by atoms with van der Waals surface area (Å²) < 4.78 is 7.19. The molecule has 1 atom stereocenters. The molecule has 1 unspecified atom stereocenters. The molecule has 0 bridgehead atoms. The Balaban J connectivity index is 2.16. The van der Waals surface area contributed by atoms with Gasteiger partial charge in [-0.15, -0.1) is 0 Å². The minimum absolute atomic E-state index is 0.0182. The van der Waals surface area contributed by atoms with E-state index >= 15 is 0 Å². The van der Waals surface area contributed by atoms with Gasteiger partial charge >= 0.3 is 0 Å². The number of nitrogens with zero attached hydrogens (tertiary/aromatic N) is 2. The van der Waals surface area contributed by atoms with Gasteiger partial charge in [0.05, 0.1) is 23.8 Å². The second-order valence-electron chi connectivity index (χ2n) is 5.11. The zero-order valence-corrected chi connectivity index (χ0v) is 11.7. The summed E-state index contributed by atoms with van der Waals surface area (Å²) >= 11 is 0. The Kier molecular flexibility index (Phi) is 3.39. The molecule has 0 radical (unpaired) electrons. The smallest absolute Gasteiger partial charge is 0.271 e. The van der Waals surface area contributed by atoms with Crippen molar-refractivity contribution >= 4 is 5.69 Å². The number of hydrogen-bond acceptors (Lipinski definition) is 4. The van der Waals surface area contributed by atoms with Gasteiger partial charge < -0.3 is 14.4 Å². The second kappa shape index (κ2) is 5.21. The molecule has 0 saturated heterocycles. The molecule has 110 valence electrons. The maximum atomic E-state index is 11.0. The number of hydrogen-bond donors (Lipinski definition) is 1. The van der Waals surface area contributed by atoms with Gasteiger partial charge in [0.25, 0.3) is 5.69 Å². The van der Waals surface area contributed by atoms with Crippen molar-refractivity contribution in [2.24, 2.45) is 0 Å². The molecule has 0 amide bonds. The zero-order chi connectivity index (χ0) is 15.0. The number of aliphatic hydroxyl groups excluding tert-OH is 1. The highest BCUT2D eigenvalue weighted by molar-refractivity contribution is 5.55. The molecule has 6 heteroatoms. The monoisotopic (exact) mass is 288 g/mol. The number of fused-ring (bicyclic) bond motifs is 1. The van der Waals surface area contributed by atoms with Crippen molar-refractivity contribution in [1.82, 2.24) is 4.57 Å². The summed E-state index contributed by atoms with van der Waals surface area (Å²) in [6.45, 7) is 0. The number of methoxy groups -OCH3 is 1. The Hall–Kier alpha value is -2.34. The van der Waals surface area contributed by atoms with E-state index in [1.54, 1.807) is 6.07 Å². The molecule has 0 spiro atoms. The Morgan fingerprint density at radius 3 is 2.95 bits per heavy atom. The Bertz CT molecular complexity index is 693. The lowest BCUT2D eigenvalue weighted by Crippen LogP contribution is -2.11. The lowest BCUT2D eigenvalue weighted by atomic mass is 9.95. The quantitative estimate of drug-likeness (QED) is 0.696. The molecule has 1 aromatic carbocycles. The van der Waals surface area contributed by atoms with Gasteiger partial charge in [-0.25, -0.2) is 0 Å². The number of nitro benzene ring substituents is 1. The third-order valence-corrected chi connectivity index (χ3v) is 3.91. The van der Waals surface area contributed by atoms with Gasteiger partial charge in [0.15, 0.2) is 0 Å². The van der Waals surface area contributed by atoms with Gasteiger partial charge in [-0.3, -0.25) is 10.1 Å². The minimum Gasteiger partial charge on any atom is -0.495 e. The molecule has 2 aromatic rings. The SMILES string of the molecule is COc1ccc([N+](=O)[O-])cc1-n1ccc2c1CCCC2O. The molecule has 21 heavy (non-hydrogen) atoms. The summed E-state index contributed by atoms with van der Waals surface area (Å²) in [5, 5.41) is 21.0. The van der Waals surface area contributed by atoms with E-state index in [4.69, 9.17) is 4.74 Å². The number of aliphatic hydroxyl groups is 1. The van der Waals surface area contributed by atoms with Crippen LogP contribution in [0.3, 0.4) is 0 Å². The van der Waals surface area contributed by atoms with Gasteiger partial charge in [0.1, 0.15) is 5.75 Å². The number of ether oxygens (including phenoxy) is 1. The van der Waals surface area contributed by atoms with Crippen LogP contribution in [0.1, 0.15) is 30.2 Å². The Morgan fingerprint density at radius 1 is 1.43 bits per heavy atom. The van der Waals surface area contributed by atoms with Gasteiger partial charge in [-0.2, -0.15) is 0 Å². The van der Waals surface area contributed by atoms with Crippen molar-refractivity contribution in [3.63, 3.8) is 0 Å². The maximum absolute atomic E-state index is 11.0. The highest BCUT2D eigenvalue weighted by Gasteiger charge is 2.23. The molecule has 0 fully saturated rings. The van der Waals surface area contributed by atoms with E-state index < -0.39 is 11.0 Å². The molecule has 1 heterocycles. The molecular formula is C15H16N2O4. The molecular weight excluding hydrogens is 272 g/mol. The van der Waals surface area contributed by atoms with Crippen LogP contribution >= 0.6 is 0 Å². The van der Waals surface area contributed by atoms with Crippen LogP contribution in [-0.4, -0.2) is 21.7 Å². The fourth-order valence-corrected chi connectivity index (χ4v) is 2.87. The van der Waals surface area contributed by atoms with Crippen LogP contribution in [0.25, 0.3) is 5.69 Å². The van der Waals surface area contributed by atoms with E-state index in [9.17, 15) is 15.2 Å². The molecule has 0 saturated carbocycles. The molecule has 6 nitrogen and oxygen atoms in total. The Morgan fingerprint density at radius 2 is 2.24 bits per heavy atom. The topological polar surface area (TPSA) is 77.5 Å². The van der Waals surface area contributed by atoms with Crippen molar-refractivity contribution in [1.29, 1.82) is 0 Å². The third kappa shape index (κ3) is 2.27. The molecule has 1 aromatic heterocycles. The lowest BCUT2D eigenvalue weighted by molar-refractivity contribution is -0.384. The summed E-state index contributed by atoms with van der Waals surface area (Å²) in [6, 6.07) is 6.39. The zero-order valence-electron chi connectivity index (χ0n) is 11.7. The largest absolute Gasteiger partial charge is 0.495 e. The van der Waals surface area contributed by atoms with E-state index in [2.05, 4.69) is 0 Å². The van der Waals surface area contributed by atoms with Gasteiger partial charge in [-0.05, 0) is 31.4 Å². The standard InChI is InChI=1S/C15H16N2O4/c1-21-15-6-5-10(17(19)20)9-13(15)16-8-7-11-12(16)3-2-4-14(11)18/h5-9,14,18H,2-4H2,1H3. The predicted molar refractivity (Wildman–Crippen MR) is 76.9 cm³/mol. The van der Waals surface area contributed by atoms with Crippen LogP contribution in [0.2, 0.25) is 0 Å². The van der Waals surface area contributed by atoms with E-state index in [-0.39, 0.29) is 5.69 Å². The van der Waals surface area contributed by atoms with Crippen molar-refractivity contribution in [3.05, 3.63) is 51.8 Å². The van der Waals surface area contributed by atoms with Crippen LogP contribution in [0.4, 0.5) is 5.69 Å². The second-order valence-corrected chi connectivity index (χ2v) is 5.11. The molecule has 1 aliphatic carbocycles. The van der Waals surface area contributed by atoms with Crippen molar-refractivity contribution in [3.8, 4) is 11.4 Å². The fraction of sp³-hybridized carbons (Fsp3) is 0.333. The predicted octanol–water partition coefficient (Wildman–Crippen LogP) is 2.76. The normalized spacial score (nSPS) is 17.3. The maximum Gasteiger partial charge on any atom is 0.271 e. The summed E-state index contributed by atoms with van der Waals surface area (Å²) in [5.41, 5.74) is 2.54. The lowest BCUT2D eigenvalue weighted by Gasteiger charge is -2.21. The highest BCUT2D eigenvalue weighted by atomic mass is 16.6. The number of non-ortho nitro benzene ring substituents is 1. The van der Waals surface area contributed by atoms with Crippen LogP contribution in [-0.2, 0) is 6.42 Å². The summed E-state index contributed by atoms with van der Waals surface area (Å²) in [7, 11) is 1.54. The first kappa shape index (κ1) is 13.6. The summed E-state index contributed by atoms with van der Waals surface area (Å²) in [6.07, 6.45) is 3.87. The molecule has 1 N–H and O–H groups in total. The summed E-state index contributed by atoms with van der Waals surface area (Å²) in [5.74, 6) is 0.569. The van der Waals surface area contributed by atoms with E-state index in [0.717, 1.165) is 30.5 Å².